The molecule has 0 atom stereocenters. The molecule has 0 radical (unpaired) electrons. The maximum Gasteiger partial charge on any atom is 0.232 e. The molecule has 2 rings (SSSR count). The van der Waals surface area contributed by atoms with Crippen LogP contribution in [0.2, 0.25) is 0 Å². The minimum Gasteiger partial charge on any atom is -0.351 e. The first kappa shape index (κ1) is 19.2. The van der Waals surface area contributed by atoms with Gasteiger partial charge in [0.25, 0.3) is 0 Å². The lowest BCUT2D eigenvalue weighted by molar-refractivity contribution is -0.133. The molecule has 24 heavy (non-hydrogen) atoms. The molecule has 1 aliphatic rings. The number of nitrogens with zero attached hydrogens (tertiary/aromatic N) is 2. The second-order valence-electron chi connectivity index (χ2n) is 7.22. The number of aromatic nitrogens is 2. The van der Waals surface area contributed by atoms with Crippen LogP contribution < -0.4 is 10.6 Å². The van der Waals surface area contributed by atoms with E-state index in [4.69, 9.17) is 0 Å². The van der Waals surface area contributed by atoms with Crippen molar-refractivity contribution in [3.8, 4) is 0 Å². The van der Waals surface area contributed by atoms with Gasteiger partial charge >= 0.3 is 0 Å². The Hall–Kier alpha value is -1.15. The van der Waals surface area contributed by atoms with Crippen molar-refractivity contribution in [2.75, 3.05) is 11.1 Å². The van der Waals surface area contributed by atoms with Crippen molar-refractivity contribution in [2.24, 2.45) is 5.41 Å². The van der Waals surface area contributed by atoms with Crippen molar-refractivity contribution >= 4 is 40.0 Å². The maximum absolute atomic E-state index is 12.8. The molecule has 2 N–H and O–H groups in total. The minimum atomic E-state index is -0.626. The van der Waals surface area contributed by atoms with E-state index in [1.54, 1.807) is 11.8 Å². The molecular weight excluding hydrogens is 344 g/mol. The second-order valence-corrected chi connectivity index (χ2v) is 9.71. The smallest absolute Gasteiger partial charge is 0.232 e. The average molecular weight is 371 g/mol. The number of rotatable bonds is 6. The third-order valence-corrected chi connectivity index (χ3v) is 5.80. The summed E-state index contributed by atoms with van der Waals surface area (Å²) in [6.07, 6.45) is 3.66. The normalized spacial score (nSPS) is 16.8. The van der Waals surface area contributed by atoms with E-state index in [1.165, 1.54) is 11.3 Å². The number of anilines is 1. The number of carbonyl (C=O) groups is 2. The highest BCUT2D eigenvalue weighted by atomic mass is 32.2. The second kappa shape index (κ2) is 7.82. The van der Waals surface area contributed by atoms with E-state index in [0.717, 1.165) is 35.8 Å². The third-order valence-electron chi connectivity index (χ3n) is 3.95. The molecule has 0 unspecified atom stereocenters. The Kier molecular flexibility index (Phi) is 6.25. The Balaban J connectivity index is 2.05. The molecule has 134 valence electrons. The van der Waals surface area contributed by atoms with Gasteiger partial charge in [0.05, 0.1) is 5.41 Å². The lowest BCUT2D eigenvalue weighted by Crippen LogP contribution is -2.45. The Labute approximate surface area is 151 Å². The van der Waals surface area contributed by atoms with Gasteiger partial charge in [-0.2, -0.15) is 0 Å². The van der Waals surface area contributed by atoms with E-state index in [1.807, 2.05) is 27.7 Å². The molecule has 1 aliphatic carbocycles. The van der Waals surface area contributed by atoms with E-state index < -0.39 is 5.41 Å². The first-order valence-corrected chi connectivity index (χ1v) is 10.1. The number of thioether (sulfide) groups is 1. The molecule has 0 saturated heterocycles. The highest BCUT2D eigenvalue weighted by molar-refractivity contribution is 8.01. The van der Waals surface area contributed by atoms with Crippen molar-refractivity contribution in [2.45, 2.75) is 69.7 Å². The van der Waals surface area contributed by atoms with Crippen LogP contribution in [0.15, 0.2) is 4.34 Å². The van der Waals surface area contributed by atoms with Gasteiger partial charge in [0.2, 0.25) is 16.9 Å². The summed E-state index contributed by atoms with van der Waals surface area (Å²) in [5, 5.41) is 14.4. The molecule has 1 fully saturated rings. The maximum atomic E-state index is 12.8. The number of amides is 2. The Morgan fingerprint density at radius 3 is 2.50 bits per heavy atom. The molecule has 1 aromatic heterocycles. The van der Waals surface area contributed by atoms with Gasteiger partial charge < -0.3 is 10.6 Å². The van der Waals surface area contributed by atoms with Gasteiger partial charge in [-0.15, -0.1) is 10.2 Å². The van der Waals surface area contributed by atoms with Gasteiger partial charge in [-0.05, 0) is 39.4 Å². The van der Waals surface area contributed by atoms with Crippen molar-refractivity contribution in [1.29, 1.82) is 0 Å². The van der Waals surface area contributed by atoms with Crippen LogP contribution in [0.4, 0.5) is 5.13 Å². The van der Waals surface area contributed by atoms with Gasteiger partial charge in [0.15, 0.2) is 4.34 Å². The zero-order chi connectivity index (χ0) is 17.8. The molecule has 6 nitrogen and oxygen atoms in total. The van der Waals surface area contributed by atoms with Crippen molar-refractivity contribution in [3.05, 3.63) is 0 Å². The Morgan fingerprint density at radius 2 is 1.92 bits per heavy atom. The lowest BCUT2D eigenvalue weighted by atomic mass is 9.81. The van der Waals surface area contributed by atoms with Crippen molar-refractivity contribution < 1.29 is 9.59 Å². The lowest BCUT2D eigenvalue weighted by Gasteiger charge is -2.29. The standard InChI is InChI=1S/C16H26N4O2S2/c1-5-23-14-20-19-13(24-14)17-12(22)16(8-6-7-9-16)10-11(21)18-15(2,3)4/h5-10H2,1-4H3,(H,18,21)(H,17,19,22). The molecule has 1 heterocycles. The van der Waals surface area contributed by atoms with Gasteiger partial charge in [0.1, 0.15) is 0 Å². The fourth-order valence-corrected chi connectivity index (χ4v) is 4.62. The van der Waals surface area contributed by atoms with E-state index in [9.17, 15) is 9.59 Å². The van der Waals surface area contributed by atoms with E-state index in [-0.39, 0.29) is 23.8 Å². The zero-order valence-corrected chi connectivity index (χ0v) is 16.4. The SMILES string of the molecule is CCSc1nnc(NC(=O)C2(CC(=O)NC(C)(C)C)CCCC2)s1. The average Bonchev–Trinajstić information content (AvgIpc) is 3.07. The van der Waals surface area contributed by atoms with Crippen LogP contribution in [0.3, 0.4) is 0 Å². The topological polar surface area (TPSA) is 84.0 Å². The first-order valence-electron chi connectivity index (χ1n) is 8.33. The molecule has 1 saturated carbocycles. The van der Waals surface area contributed by atoms with Crippen molar-refractivity contribution in [1.82, 2.24) is 15.5 Å². The molecule has 0 aliphatic heterocycles. The summed E-state index contributed by atoms with van der Waals surface area (Å²) in [6, 6.07) is 0. The van der Waals surface area contributed by atoms with Crippen LogP contribution in [0, 0.1) is 5.41 Å². The molecule has 0 aromatic carbocycles. The monoisotopic (exact) mass is 370 g/mol. The summed E-state index contributed by atoms with van der Waals surface area (Å²) < 4.78 is 0.846. The first-order chi connectivity index (χ1) is 11.2. The summed E-state index contributed by atoms with van der Waals surface area (Å²) in [6.45, 7) is 7.88. The summed E-state index contributed by atoms with van der Waals surface area (Å²) in [5.74, 6) is 0.742. The molecular formula is C16H26N4O2S2. The van der Waals surface area contributed by atoms with E-state index in [2.05, 4.69) is 20.8 Å². The molecule has 2 amide bonds. The summed E-state index contributed by atoms with van der Waals surface area (Å²) in [5.41, 5.74) is -0.919. The molecule has 8 heteroatoms. The predicted molar refractivity (Wildman–Crippen MR) is 98.4 cm³/mol. The fourth-order valence-electron chi connectivity index (χ4n) is 2.98. The van der Waals surface area contributed by atoms with Gasteiger partial charge in [-0.25, -0.2) is 0 Å². The number of nitrogens with one attached hydrogen (secondary N) is 2. The highest BCUT2D eigenvalue weighted by Crippen LogP contribution is 2.42. The Morgan fingerprint density at radius 1 is 1.25 bits per heavy atom. The minimum absolute atomic E-state index is 0.0703. The van der Waals surface area contributed by atoms with Crippen LogP contribution in [0.25, 0.3) is 0 Å². The Bertz CT molecular complexity index is 589. The van der Waals surface area contributed by atoms with Crippen LogP contribution >= 0.6 is 23.1 Å². The fraction of sp³-hybridized carbons (Fsp3) is 0.750. The molecule has 1 aromatic rings. The van der Waals surface area contributed by atoms with Crippen LogP contribution in [0.5, 0.6) is 0 Å². The number of carbonyl (C=O) groups excluding carboxylic acids is 2. The summed E-state index contributed by atoms with van der Waals surface area (Å²) in [4.78, 5) is 25.2. The van der Waals surface area contributed by atoms with Gasteiger partial charge in [-0.3, -0.25) is 9.59 Å². The molecule has 0 bridgehead atoms. The van der Waals surface area contributed by atoms with E-state index >= 15 is 0 Å². The van der Waals surface area contributed by atoms with Crippen LogP contribution in [-0.2, 0) is 9.59 Å². The third kappa shape index (κ3) is 5.17. The highest BCUT2D eigenvalue weighted by Gasteiger charge is 2.43. The quantitative estimate of drug-likeness (QED) is 0.592. The largest absolute Gasteiger partial charge is 0.351 e. The van der Waals surface area contributed by atoms with Crippen molar-refractivity contribution in [3.63, 3.8) is 0 Å². The number of hydrogen-bond donors (Lipinski definition) is 2. The molecule has 0 spiro atoms. The van der Waals surface area contributed by atoms with Crippen LogP contribution in [-0.4, -0.2) is 33.3 Å². The predicted octanol–water partition coefficient (Wildman–Crippen LogP) is 3.45. The zero-order valence-electron chi connectivity index (χ0n) is 14.8. The van der Waals surface area contributed by atoms with Gasteiger partial charge in [-0.1, -0.05) is 42.9 Å². The van der Waals surface area contributed by atoms with Gasteiger partial charge in [0, 0.05) is 12.0 Å². The number of hydrogen-bond acceptors (Lipinski definition) is 6. The summed E-state index contributed by atoms with van der Waals surface area (Å²) in [7, 11) is 0. The van der Waals surface area contributed by atoms with Crippen LogP contribution in [0.1, 0.15) is 59.8 Å². The summed E-state index contributed by atoms with van der Waals surface area (Å²) >= 11 is 2.98. The van der Waals surface area contributed by atoms with E-state index in [0.29, 0.717) is 5.13 Å².